The molecule has 6 rings (SSSR count). The Hall–Kier alpha value is -4.91. The molecule has 0 saturated carbocycles. The number of carbonyl (C=O) groups is 1. The lowest BCUT2D eigenvalue weighted by Crippen LogP contribution is -2.34. The van der Waals surface area contributed by atoms with Gasteiger partial charge in [0.25, 0.3) is 0 Å². The predicted octanol–water partition coefficient (Wildman–Crippen LogP) is 7.13. The molecule has 1 aliphatic heterocycles. The second-order valence-electron chi connectivity index (χ2n) is 10.4. The number of rotatable bonds is 8. The fourth-order valence-corrected chi connectivity index (χ4v) is 5.90. The summed E-state index contributed by atoms with van der Waals surface area (Å²) in [6.07, 6.45) is 2.49. The molecule has 0 radical (unpaired) electrons. The van der Waals surface area contributed by atoms with Crippen molar-refractivity contribution in [1.82, 2.24) is 0 Å². The monoisotopic (exact) mass is 562 g/mol. The first-order chi connectivity index (χ1) is 20.6. The van der Waals surface area contributed by atoms with Gasteiger partial charge in [0.2, 0.25) is 5.75 Å². The normalized spacial score (nSPS) is 19.2. The van der Waals surface area contributed by atoms with Crippen LogP contribution in [-0.4, -0.2) is 27.1 Å². The fourth-order valence-electron chi connectivity index (χ4n) is 5.90. The van der Waals surface area contributed by atoms with Crippen LogP contribution in [0.15, 0.2) is 103 Å². The summed E-state index contributed by atoms with van der Waals surface area (Å²) in [5.74, 6) is 1.89. The quantitative estimate of drug-likeness (QED) is 0.237. The van der Waals surface area contributed by atoms with Gasteiger partial charge in [-0.2, -0.15) is 0 Å². The molecule has 0 saturated heterocycles. The number of ether oxygens (including phenoxy) is 4. The number of anilines is 2. The number of methoxy groups -OCH3 is 3. The van der Waals surface area contributed by atoms with Crippen molar-refractivity contribution in [3.63, 3.8) is 0 Å². The Morgan fingerprint density at radius 3 is 2.14 bits per heavy atom. The first-order valence-electron chi connectivity index (χ1n) is 14.0. The Balaban J connectivity index is 1.41. The highest BCUT2D eigenvalue weighted by atomic mass is 16.5. The van der Waals surface area contributed by atoms with Crippen molar-refractivity contribution in [2.45, 2.75) is 25.0 Å². The van der Waals surface area contributed by atoms with Gasteiger partial charge >= 0.3 is 0 Å². The molecule has 0 bridgehead atoms. The zero-order valence-corrected chi connectivity index (χ0v) is 23.9. The number of para-hydroxylation sites is 3. The molecule has 3 unspecified atom stereocenters. The van der Waals surface area contributed by atoms with Gasteiger partial charge < -0.3 is 29.6 Å². The van der Waals surface area contributed by atoms with E-state index in [1.54, 1.807) is 21.3 Å². The van der Waals surface area contributed by atoms with Crippen LogP contribution in [0.2, 0.25) is 0 Å². The molecule has 0 fully saturated rings. The van der Waals surface area contributed by atoms with Crippen LogP contribution in [0.4, 0.5) is 11.4 Å². The van der Waals surface area contributed by atoms with Crippen molar-refractivity contribution in [3.05, 3.63) is 119 Å². The number of hydrogen-bond donors (Lipinski definition) is 2. The van der Waals surface area contributed by atoms with Crippen LogP contribution < -0.4 is 29.6 Å². The summed E-state index contributed by atoms with van der Waals surface area (Å²) in [6, 6.07) is 29.6. The molecule has 214 valence electrons. The first kappa shape index (κ1) is 27.3. The second-order valence-corrected chi connectivity index (χ2v) is 10.4. The molecule has 7 nitrogen and oxygen atoms in total. The van der Waals surface area contributed by atoms with Crippen molar-refractivity contribution in [2.24, 2.45) is 5.92 Å². The molecule has 0 aromatic heterocycles. The predicted molar refractivity (Wildman–Crippen MR) is 164 cm³/mol. The lowest BCUT2D eigenvalue weighted by molar-refractivity contribution is -0.122. The standard InChI is InChI=1S/C35H34N2O5/c1-39-31-19-24(20-32(40-2)35(31)41-3)23-17-28-33(29(38)18-23)34(37-27-15-9-8-14-26(27)36-28)25-13-7-10-16-30(25)42-21-22-11-5-4-6-12-22/h4-17,19-20,23,33-34,36-37H,18,21H2,1-3H3. The van der Waals surface area contributed by atoms with Crippen LogP contribution >= 0.6 is 0 Å². The maximum Gasteiger partial charge on any atom is 0.203 e. The number of carbonyl (C=O) groups excluding carboxylic acids is 1. The third-order valence-electron chi connectivity index (χ3n) is 7.94. The largest absolute Gasteiger partial charge is 0.493 e. The SMILES string of the molecule is COc1cc(C2C=C3Nc4ccccc4NC(c4ccccc4OCc4ccccc4)C3C(=O)C2)cc(OC)c1OC. The van der Waals surface area contributed by atoms with Gasteiger partial charge in [-0.1, -0.05) is 66.7 Å². The van der Waals surface area contributed by atoms with Crippen LogP contribution in [0.5, 0.6) is 23.0 Å². The van der Waals surface area contributed by atoms with E-state index in [-0.39, 0.29) is 17.7 Å². The van der Waals surface area contributed by atoms with E-state index in [0.29, 0.717) is 30.3 Å². The summed E-state index contributed by atoms with van der Waals surface area (Å²) in [5.41, 5.74) is 5.62. The van der Waals surface area contributed by atoms with Crippen molar-refractivity contribution >= 4 is 17.2 Å². The van der Waals surface area contributed by atoms with E-state index in [2.05, 4.69) is 16.7 Å². The molecule has 1 aliphatic carbocycles. The van der Waals surface area contributed by atoms with Crippen molar-refractivity contribution < 1.29 is 23.7 Å². The topological polar surface area (TPSA) is 78.0 Å². The average molecular weight is 563 g/mol. The van der Waals surface area contributed by atoms with E-state index < -0.39 is 5.92 Å². The molecular formula is C35H34N2O5. The Morgan fingerprint density at radius 1 is 0.762 bits per heavy atom. The number of fused-ring (bicyclic) bond motifs is 2. The number of Topliss-reactive ketones (excluding diaryl/α,β-unsaturated/α-hetero) is 1. The number of nitrogens with one attached hydrogen (secondary N) is 2. The minimum Gasteiger partial charge on any atom is -0.493 e. The number of benzene rings is 4. The van der Waals surface area contributed by atoms with E-state index in [9.17, 15) is 4.79 Å². The highest BCUT2D eigenvalue weighted by Crippen LogP contribution is 2.48. The third-order valence-corrected chi connectivity index (χ3v) is 7.94. The third kappa shape index (κ3) is 5.26. The first-order valence-corrected chi connectivity index (χ1v) is 14.0. The molecule has 0 amide bonds. The van der Waals surface area contributed by atoms with Crippen LogP contribution in [-0.2, 0) is 11.4 Å². The molecule has 4 aromatic rings. The Morgan fingerprint density at radius 2 is 1.43 bits per heavy atom. The molecule has 4 aromatic carbocycles. The molecule has 1 heterocycles. The molecule has 3 atom stereocenters. The smallest absolute Gasteiger partial charge is 0.203 e. The van der Waals surface area contributed by atoms with Gasteiger partial charge in [-0.15, -0.1) is 0 Å². The van der Waals surface area contributed by atoms with Gasteiger partial charge in [0.1, 0.15) is 18.1 Å². The van der Waals surface area contributed by atoms with Crippen LogP contribution in [0, 0.1) is 5.92 Å². The zero-order chi connectivity index (χ0) is 29.1. The molecular weight excluding hydrogens is 528 g/mol. The van der Waals surface area contributed by atoms with E-state index in [4.69, 9.17) is 18.9 Å². The van der Waals surface area contributed by atoms with Crippen LogP contribution in [0.3, 0.4) is 0 Å². The highest BCUT2D eigenvalue weighted by Gasteiger charge is 2.41. The Kier molecular flexibility index (Phi) is 7.73. The second kappa shape index (κ2) is 11.9. The fraction of sp³-hybridized carbons (Fsp3) is 0.229. The van der Waals surface area contributed by atoms with Crippen molar-refractivity contribution in [3.8, 4) is 23.0 Å². The van der Waals surface area contributed by atoms with Gasteiger partial charge in [0.15, 0.2) is 11.5 Å². The lowest BCUT2D eigenvalue weighted by atomic mass is 9.76. The molecule has 0 spiro atoms. The van der Waals surface area contributed by atoms with Crippen molar-refractivity contribution in [2.75, 3.05) is 32.0 Å². The summed E-state index contributed by atoms with van der Waals surface area (Å²) < 4.78 is 23.1. The summed E-state index contributed by atoms with van der Waals surface area (Å²) >= 11 is 0. The van der Waals surface area contributed by atoms with E-state index in [1.165, 1.54) is 0 Å². The van der Waals surface area contributed by atoms with Gasteiger partial charge in [-0.3, -0.25) is 4.79 Å². The molecule has 2 N–H and O–H groups in total. The number of ketones is 1. The van der Waals surface area contributed by atoms with Gasteiger partial charge in [0.05, 0.1) is 44.7 Å². The summed E-state index contributed by atoms with van der Waals surface area (Å²) in [5, 5.41) is 7.29. The summed E-state index contributed by atoms with van der Waals surface area (Å²) in [4.78, 5) is 14.2. The van der Waals surface area contributed by atoms with E-state index in [0.717, 1.165) is 39.5 Å². The van der Waals surface area contributed by atoms with E-state index in [1.807, 2.05) is 91.0 Å². The Labute approximate surface area is 246 Å². The minimum absolute atomic E-state index is 0.127. The number of allylic oxidation sites excluding steroid dienone is 1. The van der Waals surface area contributed by atoms with E-state index >= 15 is 0 Å². The van der Waals surface area contributed by atoms with Crippen molar-refractivity contribution in [1.29, 1.82) is 0 Å². The molecule has 42 heavy (non-hydrogen) atoms. The van der Waals surface area contributed by atoms with Crippen LogP contribution in [0.1, 0.15) is 35.1 Å². The van der Waals surface area contributed by atoms with Crippen LogP contribution in [0.25, 0.3) is 0 Å². The molecule has 7 heteroatoms. The summed E-state index contributed by atoms with van der Waals surface area (Å²) in [6.45, 7) is 0.434. The zero-order valence-electron chi connectivity index (χ0n) is 23.9. The highest BCUT2D eigenvalue weighted by molar-refractivity contribution is 5.91. The maximum absolute atomic E-state index is 14.2. The summed E-state index contributed by atoms with van der Waals surface area (Å²) in [7, 11) is 4.77. The van der Waals surface area contributed by atoms with Gasteiger partial charge in [-0.05, 0) is 41.5 Å². The number of hydrogen-bond acceptors (Lipinski definition) is 7. The lowest BCUT2D eigenvalue weighted by Gasteiger charge is -2.33. The Bertz CT molecular complexity index is 1590. The van der Waals surface area contributed by atoms with Gasteiger partial charge in [-0.25, -0.2) is 0 Å². The van der Waals surface area contributed by atoms with Gasteiger partial charge in [0, 0.05) is 23.6 Å². The minimum atomic E-state index is -0.447. The average Bonchev–Trinajstić information content (AvgIpc) is 3.20. The maximum atomic E-state index is 14.2. The molecule has 2 aliphatic rings.